The summed E-state index contributed by atoms with van der Waals surface area (Å²) in [6.45, 7) is 5.05. The van der Waals surface area contributed by atoms with Gasteiger partial charge in [0, 0.05) is 13.2 Å². The van der Waals surface area contributed by atoms with Crippen LogP contribution in [0.25, 0.3) is 0 Å². The molecule has 4 heteroatoms. The van der Waals surface area contributed by atoms with Gasteiger partial charge >= 0.3 is 0 Å². The average Bonchev–Trinajstić information content (AvgIpc) is 1.96. The zero-order chi connectivity index (χ0) is 8.43. The monoisotopic (exact) mass is 151 g/mol. The van der Waals surface area contributed by atoms with Gasteiger partial charge in [-0.3, -0.25) is 4.79 Å². The highest BCUT2D eigenvalue weighted by atomic mass is 16.1. The Labute approximate surface area is 64.2 Å². The smallest absolute Gasteiger partial charge is 0.295 e. The number of aromatic nitrogens is 2. The number of aliphatic imine (C=N–C) groups is 1. The molecule has 4 nitrogen and oxygen atoms in total. The highest BCUT2D eigenvalue weighted by Gasteiger charge is 1.99. The molecular weight excluding hydrogens is 142 g/mol. The number of hydrogen-bond donors (Lipinski definition) is 0. The summed E-state index contributed by atoms with van der Waals surface area (Å²) in [5.74, 6) is 0.160. The van der Waals surface area contributed by atoms with Crippen LogP contribution in [-0.2, 0) is 7.05 Å². The molecule has 0 aromatic carbocycles. The lowest BCUT2D eigenvalue weighted by Gasteiger charge is -1.98. The van der Waals surface area contributed by atoms with E-state index in [4.69, 9.17) is 0 Å². The van der Waals surface area contributed by atoms with Crippen LogP contribution in [-0.4, -0.2) is 16.3 Å². The van der Waals surface area contributed by atoms with Gasteiger partial charge in [-0.25, -0.2) is 9.98 Å². The molecule has 1 aromatic heterocycles. The van der Waals surface area contributed by atoms with Crippen LogP contribution in [0, 0.1) is 6.92 Å². The summed E-state index contributed by atoms with van der Waals surface area (Å²) < 4.78 is 1.44. The fourth-order valence-electron chi connectivity index (χ4n) is 0.843. The Morgan fingerprint density at radius 3 is 2.91 bits per heavy atom. The minimum atomic E-state index is -0.217. The first-order valence-electron chi connectivity index (χ1n) is 3.16. The maximum atomic E-state index is 11.1. The molecule has 0 fully saturated rings. The molecule has 0 bridgehead atoms. The summed E-state index contributed by atoms with van der Waals surface area (Å²) >= 11 is 0. The Bertz CT molecular complexity index is 340. The van der Waals surface area contributed by atoms with E-state index in [1.54, 1.807) is 20.2 Å². The molecule has 0 amide bonds. The topological polar surface area (TPSA) is 47.2 Å². The van der Waals surface area contributed by atoms with Crippen molar-refractivity contribution in [2.24, 2.45) is 12.0 Å². The van der Waals surface area contributed by atoms with Crippen molar-refractivity contribution in [2.75, 3.05) is 0 Å². The van der Waals surface area contributed by atoms with Crippen LogP contribution >= 0.6 is 0 Å². The summed E-state index contributed by atoms with van der Waals surface area (Å²) in [4.78, 5) is 18.5. The van der Waals surface area contributed by atoms with E-state index in [0.717, 1.165) is 5.69 Å². The first-order chi connectivity index (χ1) is 5.15. The van der Waals surface area contributed by atoms with Gasteiger partial charge in [0.2, 0.25) is 5.82 Å². The average molecular weight is 151 g/mol. The third-order valence-electron chi connectivity index (χ3n) is 1.32. The van der Waals surface area contributed by atoms with Crippen molar-refractivity contribution in [3.05, 3.63) is 22.2 Å². The van der Waals surface area contributed by atoms with Crippen molar-refractivity contribution >= 4 is 12.5 Å². The van der Waals surface area contributed by atoms with Gasteiger partial charge in [-0.05, 0) is 13.6 Å². The van der Waals surface area contributed by atoms with E-state index in [9.17, 15) is 4.79 Å². The van der Waals surface area contributed by atoms with Gasteiger partial charge in [0.1, 0.15) is 0 Å². The van der Waals surface area contributed by atoms with Crippen LogP contribution < -0.4 is 5.56 Å². The predicted molar refractivity (Wildman–Crippen MR) is 43.4 cm³/mol. The quantitative estimate of drug-likeness (QED) is 0.546. The van der Waals surface area contributed by atoms with E-state index in [-0.39, 0.29) is 11.4 Å². The van der Waals surface area contributed by atoms with Crippen LogP contribution in [0.2, 0.25) is 0 Å². The first kappa shape index (κ1) is 7.65. The van der Waals surface area contributed by atoms with Crippen LogP contribution in [0.5, 0.6) is 0 Å². The van der Waals surface area contributed by atoms with E-state index in [1.165, 1.54) is 4.57 Å². The van der Waals surface area contributed by atoms with E-state index < -0.39 is 0 Å². The molecule has 0 spiro atoms. The molecule has 1 aromatic rings. The maximum Gasteiger partial charge on any atom is 0.295 e. The molecule has 0 atom stereocenters. The second-order valence-electron chi connectivity index (χ2n) is 2.28. The molecule has 58 valence electrons. The number of hydrogen-bond acceptors (Lipinski definition) is 3. The first-order valence-corrected chi connectivity index (χ1v) is 3.16. The maximum absolute atomic E-state index is 11.1. The van der Waals surface area contributed by atoms with Crippen molar-refractivity contribution < 1.29 is 0 Å². The van der Waals surface area contributed by atoms with E-state index in [0.29, 0.717) is 0 Å². The zero-order valence-electron chi connectivity index (χ0n) is 6.53. The van der Waals surface area contributed by atoms with Crippen molar-refractivity contribution in [1.82, 2.24) is 9.55 Å². The fourth-order valence-corrected chi connectivity index (χ4v) is 0.843. The molecule has 11 heavy (non-hydrogen) atoms. The number of rotatable bonds is 1. The lowest BCUT2D eigenvalue weighted by atomic mass is 10.5. The summed E-state index contributed by atoms with van der Waals surface area (Å²) in [5, 5.41) is 0. The van der Waals surface area contributed by atoms with Gasteiger partial charge in [0.05, 0.1) is 5.69 Å². The predicted octanol–water partition coefficient (Wildman–Crippen LogP) is 0.421. The third-order valence-corrected chi connectivity index (χ3v) is 1.32. The molecule has 0 unspecified atom stereocenters. The van der Waals surface area contributed by atoms with Crippen molar-refractivity contribution in [3.8, 4) is 0 Å². The van der Waals surface area contributed by atoms with Crippen LogP contribution in [0.15, 0.2) is 16.0 Å². The Morgan fingerprint density at radius 1 is 1.73 bits per heavy atom. The summed E-state index contributed by atoms with van der Waals surface area (Å²) in [7, 11) is 1.66. The molecule has 0 radical (unpaired) electrons. The lowest BCUT2D eigenvalue weighted by Crippen LogP contribution is -2.17. The molecule has 1 rings (SSSR count). The SMILES string of the molecule is C=Nc1nc(C)cn(C)c1=O. The molecular formula is C7H9N3O. The van der Waals surface area contributed by atoms with Crippen LogP contribution in [0.1, 0.15) is 5.69 Å². The molecule has 0 aliphatic carbocycles. The molecule has 0 N–H and O–H groups in total. The Morgan fingerprint density at radius 2 is 2.36 bits per heavy atom. The molecule has 0 aliphatic heterocycles. The highest BCUT2D eigenvalue weighted by Crippen LogP contribution is 1.98. The fraction of sp³-hybridized carbons (Fsp3) is 0.286. The van der Waals surface area contributed by atoms with Crippen molar-refractivity contribution in [3.63, 3.8) is 0 Å². The lowest BCUT2D eigenvalue weighted by molar-refractivity contribution is 0.828. The van der Waals surface area contributed by atoms with Crippen LogP contribution in [0.4, 0.5) is 5.82 Å². The second kappa shape index (κ2) is 2.65. The van der Waals surface area contributed by atoms with E-state index >= 15 is 0 Å². The summed E-state index contributed by atoms with van der Waals surface area (Å²) in [6, 6.07) is 0. The molecule has 0 aliphatic rings. The Hall–Kier alpha value is -1.45. The standard InChI is InChI=1S/C7H9N3O/c1-5-4-10(3)7(11)6(8-2)9-5/h4H,2H2,1,3H3. The van der Waals surface area contributed by atoms with Crippen molar-refractivity contribution in [1.29, 1.82) is 0 Å². The molecule has 0 saturated carbocycles. The number of nitrogens with zero attached hydrogens (tertiary/aromatic N) is 3. The van der Waals surface area contributed by atoms with E-state index in [2.05, 4.69) is 16.7 Å². The molecule has 1 heterocycles. The van der Waals surface area contributed by atoms with Gasteiger partial charge in [0.25, 0.3) is 5.56 Å². The zero-order valence-corrected chi connectivity index (χ0v) is 6.53. The van der Waals surface area contributed by atoms with Crippen LogP contribution in [0.3, 0.4) is 0 Å². The highest BCUT2D eigenvalue weighted by molar-refractivity contribution is 5.37. The minimum Gasteiger partial charge on any atom is -0.314 e. The molecule has 0 saturated heterocycles. The third kappa shape index (κ3) is 1.34. The van der Waals surface area contributed by atoms with E-state index in [1.807, 2.05) is 0 Å². The largest absolute Gasteiger partial charge is 0.314 e. The summed E-state index contributed by atoms with van der Waals surface area (Å²) in [5.41, 5.74) is 0.542. The van der Waals surface area contributed by atoms with Gasteiger partial charge < -0.3 is 4.57 Å². The Balaban J connectivity index is 3.48. The summed E-state index contributed by atoms with van der Waals surface area (Å²) in [6.07, 6.45) is 1.65. The normalized spacial score (nSPS) is 9.64. The van der Waals surface area contributed by atoms with Crippen molar-refractivity contribution in [2.45, 2.75) is 6.92 Å². The van der Waals surface area contributed by atoms with Gasteiger partial charge in [-0.2, -0.15) is 0 Å². The van der Waals surface area contributed by atoms with Gasteiger partial charge in [-0.15, -0.1) is 0 Å². The second-order valence-corrected chi connectivity index (χ2v) is 2.28. The number of aryl methyl sites for hydroxylation is 2. The van der Waals surface area contributed by atoms with Gasteiger partial charge in [0.15, 0.2) is 0 Å². The Kier molecular flexibility index (Phi) is 1.85. The van der Waals surface area contributed by atoms with Gasteiger partial charge in [-0.1, -0.05) is 0 Å². The minimum absolute atomic E-state index is 0.160.